The second kappa shape index (κ2) is 6.83. The number of aromatic nitrogens is 1. The number of carbonyl (C=O) groups is 1. The molecule has 2 aromatic carbocycles. The van der Waals surface area contributed by atoms with Crippen LogP contribution < -0.4 is 4.80 Å². The number of hydrogen-bond acceptors (Lipinski definition) is 2. The number of carbonyl (C=O) groups excluding carboxylic acids is 1. The van der Waals surface area contributed by atoms with Crippen molar-refractivity contribution in [1.29, 1.82) is 0 Å². The van der Waals surface area contributed by atoms with E-state index in [1.165, 1.54) is 10.6 Å². The molecule has 24 heavy (non-hydrogen) atoms. The topological polar surface area (TPSA) is 34.4 Å². The van der Waals surface area contributed by atoms with Crippen molar-refractivity contribution in [3.8, 4) is 12.3 Å². The zero-order valence-corrected chi connectivity index (χ0v) is 15.1. The van der Waals surface area contributed by atoms with E-state index in [1.54, 1.807) is 18.2 Å². The number of terminal acetylenes is 1. The molecule has 1 heterocycles. The molecule has 3 nitrogen and oxygen atoms in total. The summed E-state index contributed by atoms with van der Waals surface area (Å²) in [6, 6.07) is 8.99. The van der Waals surface area contributed by atoms with Crippen molar-refractivity contribution in [2.45, 2.75) is 6.54 Å². The summed E-state index contributed by atoms with van der Waals surface area (Å²) in [5.74, 6) is 0.519. The lowest BCUT2D eigenvalue weighted by Gasteiger charge is -2.02. The second-order valence-corrected chi connectivity index (χ2v) is 6.98. The van der Waals surface area contributed by atoms with Gasteiger partial charge < -0.3 is 4.57 Å². The Balaban J connectivity index is 2.24. The van der Waals surface area contributed by atoms with E-state index in [9.17, 15) is 13.6 Å². The monoisotopic (exact) mass is 454 g/mol. The molecule has 0 aliphatic carbocycles. The molecule has 0 bridgehead atoms. The third-order valence-electron chi connectivity index (χ3n) is 3.25. The third kappa shape index (κ3) is 3.12. The fourth-order valence-corrected chi connectivity index (χ4v) is 3.92. The number of fused-ring (bicyclic) bond motifs is 1. The van der Waals surface area contributed by atoms with Gasteiger partial charge in [-0.25, -0.2) is 8.78 Å². The molecule has 0 aliphatic heterocycles. The molecule has 7 heteroatoms. The van der Waals surface area contributed by atoms with Gasteiger partial charge in [-0.15, -0.1) is 6.42 Å². The van der Waals surface area contributed by atoms with Crippen molar-refractivity contribution in [1.82, 2.24) is 4.57 Å². The predicted octanol–water partition coefficient (Wildman–Crippen LogP) is 3.96. The lowest BCUT2D eigenvalue weighted by atomic mass is 10.2. The Hall–Kier alpha value is -2.05. The van der Waals surface area contributed by atoms with Crippen LogP contribution in [-0.2, 0) is 6.54 Å². The molecule has 1 aromatic heterocycles. The van der Waals surface area contributed by atoms with E-state index in [0.29, 0.717) is 10.3 Å². The third-order valence-corrected chi connectivity index (χ3v) is 5.21. The number of amides is 1. The smallest absolute Gasteiger partial charge is 0.280 e. The molecule has 0 unspecified atom stereocenters. The summed E-state index contributed by atoms with van der Waals surface area (Å²) >= 11 is 3.06. The standard InChI is InChI=1S/C17H9F2IN2OS/c1-2-7-22-15-12(19)8-10(18)9-14(15)24-17(22)21-16(23)11-5-3-4-6-13(11)20/h1,3-6,8-9H,7H2. The van der Waals surface area contributed by atoms with E-state index in [4.69, 9.17) is 6.42 Å². The van der Waals surface area contributed by atoms with E-state index in [0.717, 1.165) is 21.0 Å². The second-order valence-electron chi connectivity index (χ2n) is 4.81. The molecule has 0 N–H and O–H groups in total. The van der Waals surface area contributed by atoms with Crippen molar-refractivity contribution >= 4 is 50.1 Å². The van der Waals surface area contributed by atoms with Gasteiger partial charge in [0.15, 0.2) is 10.6 Å². The van der Waals surface area contributed by atoms with Gasteiger partial charge in [-0.05, 0) is 40.8 Å². The Kier molecular flexibility index (Phi) is 4.78. The number of rotatable bonds is 2. The van der Waals surface area contributed by atoms with Gasteiger partial charge >= 0.3 is 0 Å². The van der Waals surface area contributed by atoms with Gasteiger partial charge in [0.05, 0.1) is 22.3 Å². The van der Waals surface area contributed by atoms with E-state index in [-0.39, 0.29) is 16.9 Å². The van der Waals surface area contributed by atoms with E-state index >= 15 is 0 Å². The molecule has 120 valence electrons. The van der Waals surface area contributed by atoms with E-state index in [2.05, 4.69) is 10.9 Å². The fraction of sp³-hybridized carbons (Fsp3) is 0.0588. The lowest BCUT2D eigenvalue weighted by molar-refractivity contribution is 0.0997. The highest BCUT2D eigenvalue weighted by atomic mass is 127. The minimum atomic E-state index is -0.736. The van der Waals surface area contributed by atoms with Crippen molar-refractivity contribution < 1.29 is 13.6 Å². The number of benzene rings is 2. The maximum atomic E-state index is 14.1. The van der Waals surface area contributed by atoms with Crippen LogP contribution in [-0.4, -0.2) is 10.5 Å². The van der Waals surface area contributed by atoms with Crippen LogP contribution in [0.15, 0.2) is 41.4 Å². The van der Waals surface area contributed by atoms with Crippen LogP contribution in [0.1, 0.15) is 10.4 Å². The quantitative estimate of drug-likeness (QED) is 0.427. The average molecular weight is 454 g/mol. The Morgan fingerprint density at radius 3 is 2.79 bits per heavy atom. The molecule has 0 aliphatic rings. The van der Waals surface area contributed by atoms with Crippen LogP contribution in [0.3, 0.4) is 0 Å². The van der Waals surface area contributed by atoms with Crippen molar-refractivity contribution in [3.63, 3.8) is 0 Å². The van der Waals surface area contributed by atoms with Crippen LogP contribution in [0, 0.1) is 27.5 Å². The fourth-order valence-electron chi connectivity index (χ4n) is 2.23. The predicted molar refractivity (Wildman–Crippen MR) is 97.6 cm³/mol. The number of thiazole rings is 1. The van der Waals surface area contributed by atoms with Crippen molar-refractivity contribution in [3.05, 3.63) is 62.0 Å². The summed E-state index contributed by atoms with van der Waals surface area (Å²) < 4.78 is 30.0. The van der Waals surface area contributed by atoms with Crippen LogP contribution in [0.2, 0.25) is 0 Å². The molecule has 3 rings (SSSR count). The van der Waals surface area contributed by atoms with Gasteiger partial charge in [0.2, 0.25) is 0 Å². The Bertz CT molecular complexity index is 1060. The van der Waals surface area contributed by atoms with Gasteiger partial charge in [-0.3, -0.25) is 4.79 Å². The van der Waals surface area contributed by atoms with Crippen LogP contribution in [0.4, 0.5) is 8.78 Å². The number of halogens is 3. The van der Waals surface area contributed by atoms with E-state index in [1.807, 2.05) is 28.7 Å². The molecule has 3 aromatic rings. The molecular weight excluding hydrogens is 445 g/mol. The van der Waals surface area contributed by atoms with Gasteiger partial charge in [0.25, 0.3) is 5.91 Å². The van der Waals surface area contributed by atoms with Gasteiger partial charge in [0, 0.05) is 9.64 Å². The summed E-state index contributed by atoms with van der Waals surface area (Å²) in [7, 11) is 0. The Morgan fingerprint density at radius 2 is 2.08 bits per heavy atom. The largest absolute Gasteiger partial charge is 0.302 e. The summed E-state index contributed by atoms with van der Waals surface area (Å²) in [5, 5.41) is 0. The highest BCUT2D eigenvalue weighted by Gasteiger charge is 2.14. The maximum Gasteiger partial charge on any atom is 0.280 e. The highest BCUT2D eigenvalue weighted by Crippen LogP contribution is 2.22. The summed E-state index contributed by atoms with van der Waals surface area (Å²) in [6.45, 7) is 0.0283. The molecule has 0 radical (unpaired) electrons. The average Bonchev–Trinajstić information content (AvgIpc) is 2.85. The first-order valence-corrected chi connectivity index (χ1v) is 8.66. The maximum absolute atomic E-state index is 14.1. The molecule has 1 amide bonds. The molecule has 0 spiro atoms. The minimum Gasteiger partial charge on any atom is -0.302 e. The van der Waals surface area contributed by atoms with Crippen molar-refractivity contribution in [2.24, 2.45) is 4.99 Å². The van der Waals surface area contributed by atoms with Gasteiger partial charge in [-0.2, -0.15) is 4.99 Å². The summed E-state index contributed by atoms with van der Waals surface area (Å²) in [5.41, 5.74) is 0.586. The molecule has 0 atom stereocenters. The number of hydrogen-bond donors (Lipinski definition) is 0. The number of nitrogens with zero attached hydrogens (tertiary/aromatic N) is 2. The SMILES string of the molecule is C#CCn1c(=NC(=O)c2ccccc2I)sc2cc(F)cc(F)c21. The van der Waals surface area contributed by atoms with Gasteiger partial charge in [0.1, 0.15) is 5.82 Å². The van der Waals surface area contributed by atoms with Crippen molar-refractivity contribution in [2.75, 3.05) is 0 Å². The molecule has 0 saturated carbocycles. The first kappa shape index (κ1) is 16.8. The van der Waals surface area contributed by atoms with Gasteiger partial charge in [-0.1, -0.05) is 29.4 Å². The first-order valence-electron chi connectivity index (χ1n) is 6.76. The molecule has 0 fully saturated rings. The molecular formula is C17H9F2IN2OS. The van der Waals surface area contributed by atoms with Crippen LogP contribution >= 0.6 is 33.9 Å². The zero-order chi connectivity index (χ0) is 17.3. The Labute approximate surface area is 153 Å². The van der Waals surface area contributed by atoms with Crippen LogP contribution in [0.25, 0.3) is 10.2 Å². The minimum absolute atomic E-state index is 0.0283. The van der Waals surface area contributed by atoms with E-state index < -0.39 is 17.5 Å². The van der Waals surface area contributed by atoms with Crippen LogP contribution in [0.5, 0.6) is 0 Å². The first-order chi connectivity index (χ1) is 11.5. The lowest BCUT2D eigenvalue weighted by Crippen LogP contribution is -2.17. The summed E-state index contributed by atoms with van der Waals surface area (Å²) in [4.78, 5) is 16.7. The molecule has 0 saturated heterocycles. The Morgan fingerprint density at radius 1 is 1.33 bits per heavy atom. The zero-order valence-electron chi connectivity index (χ0n) is 12.1. The summed E-state index contributed by atoms with van der Waals surface area (Å²) in [6.07, 6.45) is 5.34. The normalized spacial score (nSPS) is 11.7. The highest BCUT2D eigenvalue weighted by molar-refractivity contribution is 14.1.